The summed E-state index contributed by atoms with van der Waals surface area (Å²) in [7, 11) is 3.95. The minimum atomic E-state index is 0.0892. The number of anilines is 1. The second kappa shape index (κ2) is 5.61. The topological polar surface area (TPSA) is 32.8 Å². The summed E-state index contributed by atoms with van der Waals surface area (Å²) < 4.78 is 5.57. The molecule has 1 saturated heterocycles. The van der Waals surface area contributed by atoms with Crippen LogP contribution in [0.5, 0.6) is 0 Å². The van der Waals surface area contributed by atoms with Crippen molar-refractivity contribution in [1.29, 1.82) is 0 Å². The van der Waals surface area contributed by atoms with Crippen LogP contribution in [-0.2, 0) is 4.74 Å². The molecule has 0 saturated carbocycles. The van der Waals surface area contributed by atoms with Crippen molar-refractivity contribution in [1.82, 2.24) is 4.90 Å². The fourth-order valence-electron chi connectivity index (χ4n) is 2.27. The maximum Gasteiger partial charge on any atom is 0.254 e. The first-order chi connectivity index (χ1) is 8.99. The normalized spacial score (nSPS) is 23.3. The Labute approximate surface area is 115 Å². The highest BCUT2D eigenvalue weighted by Crippen LogP contribution is 2.19. The quantitative estimate of drug-likeness (QED) is 0.817. The molecule has 0 bridgehead atoms. The van der Waals surface area contributed by atoms with E-state index in [1.165, 1.54) is 0 Å². The predicted molar refractivity (Wildman–Crippen MR) is 76.7 cm³/mol. The van der Waals surface area contributed by atoms with Gasteiger partial charge >= 0.3 is 0 Å². The van der Waals surface area contributed by atoms with Crippen LogP contribution in [-0.4, -0.2) is 50.2 Å². The molecule has 19 heavy (non-hydrogen) atoms. The third-order valence-electron chi connectivity index (χ3n) is 3.48. The van der Waals surface area contributed by atoms with Crippen LogP contribution >= 0.6 is 0 Å². The van der Waals surface area contributed by atoms with Gasteiger partial charge in [0.15, 0.2) is 0 Å². The third kappa shape index (κ3) is 3.07. The van der Waals surface area contributed by atoms with E-state index >= 15 is 0 Å². The fraction of sp³-hybridized carbons (Fsp3) is 0.533. The average Bonchev–Trinajstić information content (AvgIpc) is 2.41. The molecule has 1 aliphatic heterocycles. The predicted octanol–water partition coefficient (Wildman–Crippen LogP) is 2.00. The van der Waals surface area contributed by atoms with Gasteiger partial charge < -0.3 is 14.5 Å². The Balaban J connectivity index is 2.21. The Morgan fingerprint density at radius 2 is 2.11 bits per heavy atom. The number of carbonyl (C=O) groups excluding carboxylic acids is 1. The molecule has 2 rings (SSSR count). The van der Waals surface area contributed by atoms with Gasteiger partial charge in [-0.15, -0.1) is 0 Å². The molecule has 4 nitrogen and oxygen atoms in total. The molecule has 0 spiro atoms. The standard InChI is InChI=1S/C15H22N2O2/c1-11-10-19-12(2)9-17(11)15(18)13-6-5-7-14(8-13)16(3)4/h5-8,11-12H,9-10H2,1-4H3. The van der Waals surface area contributed by atoms with E-state index in [4.69, 9.17) is 4.74 Å². The highest BCUT2D eigenvalue weighted by molar-refractivity contribution is 5.95. The number of ether oxygens (including phenoxy) is 1. The van der Waals surface area contributed by atoms with E-state index in [-0.39, 0.29) is 18.1 Å². The molecular weight excluding hydrogens is 240 g/mol. The Bertz CT molecular complexity index is 459. The zero-order valence-corrected chi connectivity index (χ0v) is 12.1. The van der Waals surface area contributed by atoms with Crippen molar-refractivity contribution in [3.63, 3.8) is 0 Å². The molecule has 1 aromatic rings. The number of benzene rings is 1. The summed E-state index contributed by atoms with van der Waals surface area (Å²) in [4.78, 5) is 16.5. The van der Waals surface area contributed by atoms with E-state index in [2.05, 4.69) is 0 Å². The van der Waals surface area contributed by atoms with E-state index in [9.17, 15) is 4.79 Å². The summed E-state index contributed by atoms with van der Waals surface area (Å²) >= 11 is 0. The Kier molecular flexibility index (Phi) is 4.10. The number of nitrogens with zero attached hydrogens (tertiary/aromatic N) is 2. The van der Waals surface area contributed by atoms with Crippen molar-refractivity contribution in [3.8, 4) is 0 Å². The number of morpholine rings is 1. The molecule has 0 aliphatic carbocycles. The first-order valence-electron chi connectivity index (χ1n) is 6.69. The number of hydrogen-bond acceptors (Lipinski definition) is 3. The second-order valence-electron chi connectivity index (χ2n) is 5.40. The molecule has 2 atom stereocenters. The molecule has 0 N–H and O–H groups in total. The number of carbonyl (C=O) groups is 1. The van der Waals surface area contributed by atoms with Gasteiger partial charge in [0.25, 0.3) is 5.91 Å². The molecule has 1 aliphatic rings. The zero-order chi connectivity index (χ0) is 14.0. The molecule has 104 valence electrons. The summed E-state index contributed by atoms with van der Waals surface area (Å²) in [6.45, 7) is 5.30. The van der Waals surface area contributed by atoms with E-state index in [0.717, 1.165) is 11.3 Å². The summed E-state index contributed by atoms with van der Waals surface area (Å²) in [6, 6.07) is 7.88. The van der Waals surface area contributed by atoms with E-state index in [1.807, 2.05) is 62.0 Å². The third-order valence-corrected chi connectivity index (χ3v) is 3.48. The Hall–Kier alpha value is -1.55. The van der Waals surface area contributed by atoms with Gasteiger partial charge in [0.2, 0.25) is 0 Å². The molecule has 0 radical (unpaired) electrons. The molecule has 1 amide bonds. The van der Waals surface area contributed by atoms with Crippen LogP contribution in [0.4, 0.5) is 5.69 Å². The molecule has 1 aromatic carbocycles. The maximum absolute atomic E-state index is 12.6. The van der Waals surface area contributed by atoms with Gasteiger partial charge in [-0.25, -0.2) is 0 Å². The van der Waals surface area contributed by atoms with Crippen LogP contribution in [0, 0.1) is 0 Å². The number of rotatable bonds is 2. The smallest absolute Gasteiger partial charge is 0.254 e. The van der Waals surface area contributed by atoms with Crippen molar-refractivity contribution in [2.24, 2.45) is 0 Å². The van der Waals surface area contributed by atoms with Crippen molar-refractivity contribution < 1.29 is 9.53 Å². The van der Waals surface area contributed by atoms with Crippen molar-refractivity contribution in [2.45, 2.75) is 26.0 Å². The Morgan fingerprint density at radius 1 is 1.37 bits per heavy atom. The molecule has 1 fully saturated rings. The van der Waals surface area contributed by atoms with Crippen molar-refractivity contribution in [2.75, 3.05) is 32.1 Å². The highest BCUT2D eigenvalue weighted by Gasteiger charge is 2.28. The molecule has 1 heterocycles. The number of amides is 1. The van der Waals surface area contributed by atoms with Gasteiger partial charge in [-0.1, -0.05) is 6.07 Å². The Morgan fingerprint density at radius 3 is 2.79 bits per heavy atom. The van der Waals surface area contributed by atoms with Crippen LogP contribution in [0.2, 0.25) is 0 Å². The first kappa shape index (κ1) is 13.9. The van der Waals surface area contributed by atoms with Gasteiger partial charge in [0.05, 0.1) is 18.8 Å². The molecule has 0 aromatic heterocycles. The SMILES string of the molecule is CC1CN(C(=O)c2cccc(N(C)C)c2)C(C)CO1. The lowest BCUT2D eigenvalue weighted by Crippen LogP contribution is -2.50. The molecule has 2 unspecified atom stereocenters. The van der Waals surface area contributed by atoms with Gasteiger partial charge in [-0.2, -0.15) is 0 Å². The van der Waals surface area contributed by atoms with Crippen molar-refractivity contribution >= 4 is 11.6 Å². The van der Waals surface area contributed by atoms with Crippen LogP contribution in [0.15, 0.2) is 24.3 Å². The molecular formula is C15H22N2O2. The number of hydrogen-bond donors (Lipinski definition) is 0. The summed E-state index contributed by atoms with van der Waals surface area (Å²) in [5.74, 6) is 0.0892. The lowest BCUT2D eigenvalue weighted by molar-refractivity contribution is -0.0387. The molecule has 4 heteroatoms. The summed E-state index contributed by atoms with van der Waals surface area (Å²) in [6.07, 6.45) is 0.109. The van der Waals surface area contributed by atoms with E-state index in [1.54, 1.807) is 0 Å². The van der Waals surface area contributed by atoms with Gasteiger partial charge in [-0.3, -0.25) is 4.79 Å². The summed E-state index contributed by atoms with van der Waals surface area (Å²) in [5.41, 5.74) is 1.78. The van der Waals surface area contributed by atoms with E-state index < -0.39 is 0 Å². The lowest BCUT2D eigenvalue weighted by atomic mass is 10.1. The monoisotopic (exact) mass is 262 g/mol. The van der Waals surface area contributed by atoms with Crippen LogP contribution in [0.25, 0.3) is 0 Å². The summed E-state index contributed by atoms with van der Waals surface area (Å²) in [5, 5.41) is 0. The van der Waals surface area contributed by atoms with E-state index in [0.29, 0.717) is 13.2 Å². The van der Waals surface area contributed by atoms with Crippen LogP contribution in [0.3, 0.4) is 0 Å². The minimum absolute atomic E-state index is 0.0892. The first-order valence-corrected chi connectivity index (χ1v) is 6.69. The second-order valence-corrected chi connectivity index (χ2v) is 5.40. The fourth-order valence-corrected chi connectivity index (χ4v) is 2.27. The zero-order valence-electron chi connectivity index (χ0n) is 12.1. The maximum atomic E-state index is 12.6. The largest absolute Gasteiger partial charge is 0.378 e. The van der Waals surface area contributed by atoms with Gasteiger partial charge in [0, 0.05) is 31.9 Å². The van der Waals surface area contributed by atoms with Crippen molar-refractivity contribution in [3.05, 3.63) is 29.8 Å². The lowest BCUT2D eigenvalue weighted by Gasteiger charge is -2.37. The van der Waals surface area contributed by atoms with Gasteiger partial charge in [-0.05, 0) is 32.0 Å². The minimum Gasteiger partial charge on any atom is -0.378 e. The highest BCUT2D eigenvalue weighted by atomic mass is 16.5. The average molecular weight is 262 g/mol. The van der Waals surface area contributed by atoms with Crippen LogP contribution < -0.4 is 4.90 Å². The van der Waals surface area contributed by atoms with Gasteiger partial charge in [0.1, 0.15) is 0 Å². The van der Waals surface area contributed by atoms with Crippen LogP contribution in [0.1, 0.15) is 24.2 Å².